The molecule has 0 saturated carbocycles. The Hall–Kier alpha value is -5.35. The maximum Gasteiger partial charge on any atom is 0.301 e. The highest BCUT2D eigenvalue weighted by atomic mass is 32.1. The van der Waals surface area contributed by atoms with Gasteiger partial charge >= 0.3 is 5.91 Å². The zero-order chi connectivity index (χ0) is 31.1. The molecule has 0 bridgehead atoms. The predicted octanol–water partition coefficient (Wildman–Crippen LogP) is 6.59. The quantitative estimate of drug-likeness (QED) is 0.123. The number of aliphatic hydroxyl groups is 1. The third-order valence-electron chi connectivity index (χ3n) is 7.74. The van der Waals surface area contributed by atoms with Crippen LogP contribution in [0.1, 0.15) is 28.3 Å². The first-order valence-corrected chi connectivity index (χ1v) is 15.2. The van der Waals surface area contributed by atoms with Crippen LogP contribution >= 0.6 is 11.3 Å². The molecule has 1 aromatic heterocycles. The standard InChI is InChI=1S/C35H28N2O7S/c1-20-8-11-24-29(16-20)45-35(36-24)37-31(22-9-12-25(27(17-22)41-2)44-19-21-6-4-3-5-7-21)30(33(39)34(37)40)32(38)23-10-13-26-28(18-23)43-15-14-42-26/h3-13,16-18,31,38H,14-15,19H2,1-2H3/b32-30+. The number of hydrogen-bond acceptors (Lipinski definition) is 9. The van der Waals surface area contributed by atoms with E-state index in [9.17, 15) is 14.7 Å². The number of aliphatic hydroxyl groups excluding tert-OH is 1. The molecule has 1 amide bonds. The van der Waals surface area contributed by atoms with Crippen LogP contribution in [0.2, 0.25) is 0 Å². The summed E-state index contributed by atoms with van der Waals surface area (Å²) in [7, 11) is 1.52. The molecule has 45 heavy (non-hydrogen) atoms. The third-order valence-corrected chi connectivity index (χ3v) is 8.76. The van der Waals surface area contributed by atoms with Gasteiger partial charge in [-0.25, -0.2) is 4.98 Å². The van der Waals surface area contributed by atoms with Gasteiger partial charge in [-0.3, -0.25) is 14.5 Å². The van der Waals surface area contributed by atoms with E-state index in [0.717, 1.165) is 15.8 Å². The number of fused-ring (bicyclic) bond motifs is 2. The number of carbonyl (C=O) groups excluding carboxylic acids is 2. The van der Waals surface area contributed by atoms with E-state index in [2.05, 4.69) is 0 Å². The van der Waals surface area contributed by atoms with E-state index in [-0.39, 0.29) is 11.3 Å². The molecule has 2 aliphatic rings. The topological polar surface area (TPSA) is 107 Å². The number of methoxy groups -OCH3 is 1. The number of benzene rings is 4. The highest BCUT2D eigenvalue weighted by Crippen LogP contribution is 2.46. The lowest BCUT2D eigenvalue weighted by Gasteiger charge is -2.24. The first-order valence-electron chi connectivity index (χ1n) is 14.3. The van der Waals surface area contributed by atoms with Crippen molar-refractivity contribution in [1.82, 2.24) is 4.98 Å². The van der Waals surface area contributed by atoms with Gasteiger partial charge in [-0.1, -0.05) is 53.8 Å². The van der Waals surface area contributed by atoms with Gasteiger partial charge in [-0.15, -0.1) is 0 Å². The third kappa shape index (κ3) is 5.23. The molecular weight excluding hydrogens is 592 g/mol. The van der Waals surface area contributed by atoms with Gasteiger partial charge in [0.05, 0.1) is 28.9 Å². The summed E-state index contributed by atoms with van der Waals surface area (Å²) in [6.45, 7) is 3.07. The minimum absolute atomic E-state index is 0.0767. The summed E-state index contributed by atoms with van der Waals surface area (Å²) in [4.78, 5) is 33.6. The number of aryl methyl sites for hydroxylation is 1. The van der Waals surface area contributed by atoms with Crippen molar-refractivity contribution in [2.24, 2.45) is 0 Å². The fourth-order valence-electron chi connectivity index (χ4n) is 5.52. The molecular formula is C35H28N2O7S. The molecule has 0 spiro atoms. The molecule has 10 heteroatoms. The van der Waals surface area contributed by atoms with E-state index < -0.39 is 17.7 Å². The Labute approximate surface area is 262 Å². The lowest BCUT2D eigenvalue weighted by atomic mass is 9.95. The number of rotatable bonds is 7. The average molecular weight is 621 g/mol. The number of nitrogens with zero attached hydrogens (tertiary/aromatic N) is 2. The lowest BCUT2D eigenvalue weighted by Crippen LogP contribution is -2.29. The molecule has 1 unspecified atom stereocenters. The molecule has 7 rings (SSSR count). The summed E-state index contributed by atoms with van der Waals surface area (Å²) in [5.74, 6) is -0.0742. The van der Waals surface area contributed by atoms with Gasteiger partial charge in [0.2, 0.25) is 0 Å². The zero-order valence-corrected chi connectivity index (χ0v) is 25.3. The number of ether oxygens (including phenoxy) is 4. The number of ketones is 1. The number of thiazole rings is 1. The molecule has 0 radical (unpaired) electrons. The van der Waals surface area contributed by atoms with E-state index in [4.69, 9.17) is 23.9 Å². The lowest BCUT2D eigenvalue weighted by molar-refractivity contribution is -0.132. The summed E-state index contributed by atoms with van der Waals surface area (Å²) in [6, 6.07) is 24.7. The van der Waals surface area contributed by atoms with Gasteiger partial charge in [-0.05, 0) is 66.1 Å². The second-order valence-electron chi connectivity index (χ2n) is 10.7. The number of amides is 1. The summed E-state index contributed by atoms with van der Waals surface area (Å²) < 4.78 is 24.0. The Morgan fingerprint density at radius 1 is 0.956 bits per heavy atom. The number of hydrogen-bond donors (Lipinski definition) is 1. The van der Waals surface area contributed by atoms with Crippen molar-refractivity contribution in [3.63, 3.8) is 0 Å². The normalized spacial score (nSPS) is 17.1. The van der Waals surface area contributed by atoms with Crippen molar-refractivity contribution < 1.29 is 33.6 Å². The van der Waals surface area contributed by atoms with Crippen LogP contribution < -0.4 is 23.8 Å². The molecule has 1 saturated heterocycles. The Kier molecular flexibility index (Phi) is 7.34. The van der Waals surface area contributed by atoms with E-state index >= 15 is 0 Å². The second-order valence-corrected chi connectivity index (χ2v) is 11.7. The molecule has 2 aliphatic heterocycles. The predicted molar refractivity (Wildman–Crippen MR) is 170 cm³/mol. The fraction of sp³-hybridized carbons (Fsp3) is 0.171. The largest absolute Gasteiger partial charge is 0.507 e. The Morgan fingerprint density at radius 2 is 1.76 bits per heavy atom. The Morgan fingerprint density at radius 3 is 2.56 bits per heavy atom. The number of Topliss-reactive ketones (excluding diaryl/α,β-unsaturated/α-hetero) is 1. The van der Waals surface area contributed by atoms with Crippen LogP contribution in [-0.4, -0.2) is 42.1 Å². The SMILES string of the molecule is COc1cc(C2/C(=C(\O)c3ccc4c(c3)OCCO4)C(=O)C(=O)N2c2nc3ccc(C)cc3s2)ccc1OCc1ccccc1. The molecule has 5 aromatic rings. The van der Waals surface area contributed by atoms with Crippen molar-refractivity contribution in [2.45, 2.75) is 19.6 Å². The Balaban J connectivity index is 1.35. The number of aromatic nitrogens is 1. The molecule has 0 aliphatic carbocycles. The molecule has 3 heterocycles. The van der Waals surface area contributed by atoms with Gasteiger partial charge in [0.1, 0.15) is 25.6 Å². The fourth-order valence-corrected chi connectivity index (χ4v) is 6.61. The van der Waals surface area contributed by atoms with Crippen molar-refractivity contribution in [2.75, 3.05) is 25.2 Å². The molecule has 226 valence electrons. The van der Waals surface area contributed by atoms with E-state index in [1.54, 1.807) is 36.4 Å². The van der Waals surface area contributed by atoms with Crippen LogP contribution in [0.15, 0.2) is 90.5 Å². The maximum atomic E-state index is 13.8. The smallest absolute Gasteiger partial charge is 0.301 e. The first kappa shape index (κ1) is 28.4. The van der Waals surface area contributed by atoms with Crippen LogP contribution in [0.5, 0.6) is 23.0 Å². The summed E-state index contributed by atoms with van der Waals surface area (Å²) >= 11 is 1.30. The summed E-state index contributed by atoms with van der Waals surface area (Å²) in [6.07, 6.45) is 0. The Bertz CT molecular complexity index is 1990. The van der Waals surface area contributed by atoms with Crippen molar-refractivity contribution in [3.05, 3.63) is 113 Å². The highest BCUT2D eigenvalue weighted by Gasteiger charge is 2.48. The van der Waals surface area contributed by atoms with Crippen LogP contribution in [-0.2, 0) is 16.2 Å². The maximum absolute atomic E-state index is 13.8. The van der Waals surface area contributed by atoms with Crippen LogP contribution in [0.25, 0.3) is 16.0 Å². The van der Waals surface area contributed by atoms with Gasteiger partial charge in [0, 0.05) is 5.56 Å². The first-order chi connectivity index (χ1) is 21.9. The van der Waals surface area contributed by atoms with Gasteiger partial charge in [-0.2, -0.15) is 0 Å². The van der Waals surface area contributed by atoms with E-state index in [1.165, 1.54) is 23.3 Å². The summed E-state index contributed by atoms with van der Waals surface area (Å²) in [5.41, 5.74) is 3.51. The van der Waals surface area contributed by atoms with Gasteiger partial charge in [0.15, 0.2) is 28.1 Å². The number of carbonyl (C=O) groups is 2. The van der Waals surface area contributed by atoms with Gasteiger partial charge < -0.3 is 24.1 Å². The minimum Gasteiger partial charge on any atom is -0.507 e. The molecule has 4 aromatic carbocycles. The van der Waals surface area contributed by atoms with Crippen LogP contribution in [0.3, 0.4) is 0 Å². The van der Waals surface area contributed by atoms with Gasteiger partial charge in [0.25, 0.3) is 5.78 Å². The minimum atomic E-state index is -1.00. The molecule has 9 nitrogen and oxygen atoms in total. The van der Waals surface area contributed by atoms with Crippen LogP contribution in [0.4, 0.5) is 5.13 Å². The highest BCUT2D eigenvalue weighted by molar-refractivity contribution is 7.22. The van der Waals surface area contributed by atoms with E-state index in [1.807, 2.05) is 55.5 Å². The zero-order valence-electron chi connectivity index (χ0n) is 24.5. The number of anilines is 1. The molecule has 1 fully saturated rings. The second kappa shape index (κ2) is 11.6. The summed E-state index contributed by atoms with van der Waals surface area (Å²) in [5, 5.41) is 12.0. The van der Waals surface area contributed by atoms with E-state index in [0.29, 0.717) is 64.6 Å². The molecule has 1 N–H and O–H groups in total. The average Bonchev–Trinajstić information content (AvgIpc) is 3.60. The van der Waals surface area contributed by atoms with Crippen molar-refractivity contribution in [1.29, 1.82) is 0 Å². The van der Waals surface area contributed by atoms with Crippen molar-refractivity contribution >= 4 is 44.1 Å². The van der Waals surface area contributed by atoms with Crippen molar-refractivity contribution in [3.8, 4) is 23.0 Å². The molecule has 1 atom stereocenters. The van der Waals surface area contributed by atoms with Crippen LogP contribution in [0, 0.1) is 6.92 Å². The monoisotopic (exact) mass is 620 g/mol.